The predicted octanol–water partition coefficient (Wildman–Crippen LogP) is 1.10. The Morgan fingerprint density at radius 2 is 1.93 bits per heavy atom. The van der Waals surface area contributed by atoms with Crippen molar-refractivity contribution in [1.82, 2.24) is 15.0 Å². The predicted molar refractivity (Wildman–Crippen MR) is 61.3 cm³/mol. The van der Waals surface area contributed by atoms with Crippen molar-refractivity contribution in [3.05, 3.63) is 24.3 Å². The summed E-state index contributed by atoms with van der Waals surface area (Å²) in [5.41, 5.74) is 9.55. The molecule has 5 heteroatoms. The highest BCUT2D eigenvalue weighted by Gasteiger charge is 2.05. The number of benzene rings is 1. The smallest absolute Gasteiger partial charge is 0.222 e. The van der Waals surface area contributed by atoms with E-state index in [4.69, 9.17) is 5.73 Å². The zero-order chi connectivity index (χ0) is 10.8. The first-order valence-electron chi connectivity index (χ1n) is 4.63. The number of nitrogens with zero attached hydrogens (tertiary/aromatic N) is 3. The van der Waals surface area contributed by atoms with E-state index in [0.29, 0.717) is 0 Å². The molecule has 15 heavy (non-hydrogen) atoms. The second-order valence-electron chi connectivity index (χ2n) is 3.45. The molecule has 5 nitrogen and oxygen atoms in total. The Labute approximate surface area is 87.9 Å². The monoisotopic (exact) mass is 203 g/mol. The fourth-order valence-electron chi connectivity index (χ4n) is 1.39. The molecule has 0 radical (unpaired) electrons. The molecule has 3 N–H and O–H groups in total. The summed E-state index contributed by atoms with van der Waals surface area (Å²) in [6.45, 7) is 0. The van der Waals surface area contributed by atoms with E-state index >= 15 is 0 Å². The van der Waals surface area contributed by atoms with E-state index in [2.05, 4.69) is 15.4 Å². The Morgan fingerprint density at radius 3 is 2.67 bits per heavy atom. The minimum absolute atomic E-state index is 0.276. The fourth-order valence-corrected chi connectivity index (χ4v) is 1.39. The van der Waals surface area contributed by atoms with Gasteiger partial charge in [0.2, 0.25) is 5.95 Å². The Hall–Kier alpha value is -1.88. The van der Waals surface area contributed by atoms with Gasteiger partial charge in [0.15, 0.2) is 5.82 Å². The van der Waals surface area contributed by atoms with Crippen molar-refractivity contribution in [2.45, 2.75) is 0 Å². The van der Waals surface area contributed by atoms with Crippen LogP contribution in [0.15, 0.2) is 24.3 Å². The first-order chi connectivity index (χ1) is 7.16. The number of hydrogen-bond acceptors (Lipinski definition) is 5. The van der Waals surface area contributed by atoms with E-state index in [1.165, 1.54) is 0 Å². The summed E-state index contributed by atoms with van der Waals surface area (Å²) in [6.07, 6.45) is 0. The van der Waals surface area contributed by atoms with Gasteiger partial charge in [-0.3, -0.25) is 0 Å². The van der Waals surface area contributed by atoms with Crippen LogP contribution >= 0.6 is 0 Å². The Morgan fingerprint density at radius 1 is 1.20 bits per heavy atom. The standard InChI is InChI=1S/C10H13N5/c1-15(2)14-9-7-5-3-4-6-8(7)12-10(11)13-9/h3-6H,1-2H3,(H3,11,12,13,14). The number of aromatic nitrogens is 2. The fraction of sp³-hybridized carbons (Fsp3) is 0.200. The van der Waals surface area contributed by atoms with Crippen LogP contribution in [0.3, 0.4) is 0 Å². The van der Waals surface area contributed by atoms with Crippen LogP contribution in [-0.4, -0.2) is 29.1 Å². The van der Waals surface area contributed by atoms with Gasteiger partial charge in [-0.2, -0.15) is 4.98 Å². The number of hydrazine groups is 1. The minimum Gasteiger partial charge on any atom is -0.368 e. The molecule has 0 fully saturated rings. The van der Waals surface area contributed by atoms with Crippen LogP contribution in [0.4, 0.5) is 11.8 Å². The highest BCUT2D eigenvalue weighted by molar-refractivity contribution is 5.89. The number of fused-ring (bicyclic) bond motifs is 1. The summed E-state index contributed by atoms with van der Waals surface area (Å²) in [5, 5.41) is 2.77. The second-order valence-corrected chi connectivity index (χ2v) is 3.45. The molecular formula is C10H13N5. The van der Waals surface area contributed by atoms with Crippen molar-refractivity contribution in [3.8, 4) is 0 Å². The van der Waals surface area contributed by atoms with Crippen LogP contribution in [0.1, 0.15) is 0 Å². The van der Waals surface area contributed by atoms with Crippen molar-refractivity contribution >= 4 is 22.7 Å². The van der Waals surface area contributed by atoms with Gasteiger partial charge in [-0.15, -0.1) is 0 Å². The molecule has 2 aromatic rings. The molecule has 0 saturated heterocycles. The van der Waals surface area contributed by atoms with E-state index < -0.39 is 0 Å². The average Bonchev–Trinajstić information content (AvgIpc) is 2.16. The van der Waals surface area contributed by atoms with Crippen molar-refractivity contribution in [2.24, 2.45) is 0 Å². The molecule has 78 valence electrons. The lowest BCUT2D eigenvalue weighted by Gasteiger charge is -2.14. The zero-order valence-electron chi connectivity index (χ0n) is 8.73. The van der Waals surface area contributed by atoms with Crippen molar-refractivity contribution in [2.75, 3.05) is 25.3 Å². The molecule has 0 aliphatic carbocycles. The molecule has 1 aromatic heterocycles. The SMILES string of the molecule is CN(C)Nc1nc(N)nc2ccccc12. The van der Waals surface area contributed by atoms with Crippen molar-refractivity contribution < 1.29 is 0 Å². The van der Waals surface area contributed by atoms with E-state index in [1.807, 2.05) is 43.4 Å². The number of hydrogen-bond donors (Lipinski definition) is 2. The maximum Gasteiger partial charge on any atom is 0.222 e. The molecule has 0 bridgehead atoms. The Balaban J connectivity index is 2.60. The molecule has 1 aromatic carbocycles. The third-order valence-electron chi connectivity index (χ3n) is 1.95. The van der Waals surface area contributed by atoms with Crippen molar-refractivity contribution in [1.29, 1.82) is 0 Å². The van der Waals surface area contributed by atoms with Gasteiger partial charge in [-0.05, 0) is 12.1 Å². The highest BCUT2D eigenvalue weighted by atomic mass is 15.5. The number of nitrogens with one attached hydrogen (secondary N) is 1. The van der Waals surface area contributed by atoms with Crippen molar-refractivity contribution in [3.63, 3.8) is 0 Å². The summed E-state index contributed by atoms with van der Waals surface area (Å²) in [5.74, 6) is 1.00. The summed E-state index contributed by atoms with van der Waals surface area (Å²) in [7, 11) is 3.79. The zero-order valence-corrected chi connectivity index (χ0v) is 8.73. The van der Waals surface area contributed by atoms with Crippen LogP contribution in [0.5, 0.6) is 0 Å². The van der Waals surface area contributed by atoms with E-state index in [1.54, 1.807) is 0 Å². The van der Waals surface area contributed by atoms with Gasteiger partial charge < -0.3 is 11.2 Å². The third kappa shape index (κ3) is 1.97. The van der Waals surface area contributed by atoms with Gasteiger partial charge in [0, 0.05) is 19.5 Å². The first kappa shape index (κ1) is 9.67. The summed E-state index contributed by atoms with van der Waals surface area (Å²) in [6, 6.07) is 7.74. The van der Waals surface area contributed by atoms with Gasteiger partial charge in [-0.25, -0.2) is 9.99 Å². The van der Waals surface area contributed by atoms with Crippen LogP contribution in [-0.2, 0) is 0 Å². The maximum atomic E-state index is 5.62. The molecule has 0 saturated carbocycles. The number of nitrogen functional groups attached to an aromatic ring is 1. The summed E-state index contributed by atoms with van der Waals surface area (Å²) in [4.78, 5) is 8.31. The Kier molecular flexibility index (Phi) is 2.39. The second kappa shape index (κ2) is 3.70. The molecule has 0 unspecified atom stereocenters. The van der Waals surface area contributed by atoms with Gasteiger partial charge in [0.25, 0.3) is 0 Å². The average molecular weight is 203 g/mol. The van der Waals surface area contributed by atoms with E-state index in [-0.39, 0.29) is 5.95 Å². The van der Waals surface area contributed by atoms with Gasteiger partial charge >= 0.3 is 0 Å². The maximum absolute atomic E-state index is 5.62. The minimum atomic E-state index is 0.276. The van der Waals surface area contributed by atoms with Gasteiger partial charge in [0.05, 0.1) is 5.52 Å². The van der Waals surface area contributed by atoms with Crippen LogP contribution < -0.4 is 11.2 Å². The number of para-hydroxylation sites is 1. The molecule has 0 atom stereocenters. The molecule has 0 spiro atoms. The Bertz CT molecular complexity index is 480. The molecule has 1 heterocycles. The number of rotatable bonds is 2. The van der Waals surface area contributed by atoms with Gasteiger partial charge in [0.1, 0.15) is 0 Å². The third-order valence-corrected chi connectivity index (χ3v) is 1.95. The lowest BCUT2D eigenvalue weighted by molar-refractivity contribution is 0.493. The molecular weight excluding hydrogens is 190 g/mol. The molecule has 0 aliphatic rings. The summed E-state index contributed by atoms with van der Waals surface area (Å²) < 4.78 is 0. The highest BCUT2D eigenvalue weighted by Crippen LogP contribution is 2.20. The quantitative estimate of drug-likeness (QED) is 0.715. The topological polar surface area (TPSA) is 67.1 Å². The first-order valence-corrected chi connectivity index (χ1v) is 4.63. The molecule has 0 amide bonds. The van der Waals surface area contributed by atoms with Crippen LogP contribution in [0, 0.1) is 0 Å². The van der Waals surface area contributed by atoms with Crippen LogP contribution in [0.25, 0.3) is 10.9 Å². The summed E-state index contributed by atoms with van der Waals surface area (Å²) >= 11 is 0. The normalized spacial score (nSPS) is 10.9. The lowest BCUT2D eigenvalue weighted by atomic mass is 10.2. The van der Waals surface area contributed by atoms with Crippen LogP contribution in [0.2, 0.25) is 0 Å². The molecule has 0 aliphatic heterocycles. The number of anilines is 2. The van der Waals surface area contributed by atoms with Gasteiger partial charge in [-0.1, -0.05) is 12.1 Å². The lowest BCUT2D eigenvalue weighted by Crippen LogP contribution is -2.21. The number of nitrogens with two attached hydrogens (primary N) is 1. The molecule has 2 rings (SSSR count). The van der Waals surface area contributed by atoms with E-state index in [0.717, 1.165) is 16.7 Å². The van der Waals surface area contributed by atoms with E-state index in [9.17, 15) is 0 Å². The largest absolute Gasteiger partial charge is 0.368 e.